The molecule has 18 heavy (non-hydrogen) atoms. The van der Waals surface area contributed by atoms with Gasteiger partial charge in [0, 0.05) is 11.0 Å². The summed E-state index contributed by atoms with van der Waals surface area (Å²) in [6.45, 7) is 0. The zero-order valence-electron chi connectivity index (χ0n) is 9.41. The summed E-state index contributed by atoms with van der Waals surface area (Å²) in [5.74, 6) is -0.915. The molecule has 0 aliphatic carbocycles. The highest BCUT2D eigenvalue weighted by Gasteiger charge is 2.14. The molecule has 0 radical (unpaired) electrons. The predicted octanol–water partition coefficient (Wildman–Crippen LogP) is 1.71. The van der Waals surface area contributed by atoms with E-state index >= 15 is 0 Å². The summed E-state index contributed by atoms with van der Waals surface area (Å²) in [6, 6.07) is 6.06. The molecule has 92 valence electrons. The van der Waals surface area contributed by atoms with E-state index in [4.69, 9.17) is 11.0 Å². The molecule has 0 spiro atoms. The van der Waals surface area contributed by atoms with Gasteiger partial charge in [0.1, 0.15) is 11.6 Å². The van der Waals surface area contributed by atoms with Crippen LogP contribution < -0.4 is 5.73 Å². The van der Waals surface area contributed by atoms with Crippen molar-refractivity contribution in [2.45, 2.75) is 4.90 Å². The number of carbonyl (C=O) groups excluding carboxylic acids is 1. The van der Waals surface area contributed by atoms with Gasteiger partial charge in [-0.25, -0.2) is 0 Å². The third-order valence-corrected chi connectivity index (χ3v) is 2.84. The summed E-state index contributed by atoms with van der Waals surface area (Å²) in [6.07, 6.45) is 2.94. The predicted molar refractivity (Wildman–Crippen MR) is 67.7 cm³/mol. The van der Waals surface area contributed by atoms with Gasteiger partial charge < -0.3 is 5.73 Å². The van der Waals surface area contributed by atoms with Gasteiger partial charge in [0.15, 0.2) is 0 Å². The first-order valence-corrected chi connectivity index (χ1v) is 5.96. The number of benzene rings is 1. The van der Waals surface area contributed by atoms with Crippen LogP contribution in [0.4, 0.5) is 5.69 Å². The van der Waals surface area contributed by atoms with Crippen molar-refractivity contribution in [1.29, 1.82) is 5.26 Å². The molecule has 2 N–H and O–H groups in total. The van der Waals surface area contributed by atoms with Crippen LogP contribution in [0, 0.1) is 21.4 Å². The number of nitro benzene ring substituents is 1. The molecule has 7 heteroatoms. The molecule has 0 heterocycles. The van der Waals surface area contributed by atoms with Crippen molar-refractivity contribution in [2.75, 3.05) is 6.26 Å². The van der Waals surface area contributed by atoms with Crippen molar-refractivity contribution in [3.63, 3.8) is 0 Å². The van der Waals surface area contributed by atoms with Gasteiger partial charge in [-0.05, 0) is 24.5 Å². The molecule has 1 amide bonds. The molecule has 0 atom stereocenters. The molecule has 0 bridgehead atoms. The molecular formula is C11H9N3O3S. The molecule has 0 saturated carbocycles. The van der Waals surface area contributed by atoms with E-state index in [0.29, 0.717) is 0 Å². The first kappa shape index (κ1) is 13.7. The number of hydrogen-bond acceptors (Lipinski definition) is 5. The number of nitro groups is 1. The number of thioether (sulfide) groups is 1. The summed E-state index contributed by atoms with van der Waals surface area (Å²) in [5, 5.41) is 19.6. The maximum absolute atomic E-state index is 10.9. The fourth-order valence-corrected chi connectivity index (χ4v) is 1.70. The summed E-state index contributed by atoms with van der Waals surface area (Å²) in [5.41, 5.74) is 4.67. The van der Waals surface area contributed by atoms with E-state index in [1.807, 2.05) is 6.26 Å². The second-order valence-electron chi connectivity index (χ2n) is 3.22. The molecule has 1 aromatic carbocycles. The van der Waals surface area contributed by atoms with E-state index in [1.54, 1.807) is 12.1 Å². The molecule has 0 unspecified atom stereocenters. The van der Waals surface area contributed by atoms with E-state index in [2.05, 4.69) is 0 Å². The monoisotopic (exact) mass is 263 g/mol. The van der Waals surface area contributed by atoms with Crippen LogP contribution in [0.3, 0.4) is 0 Å². The standard InChI is InChI=1S/C11H9N3O3S/c1-18-9-2-3-10(14(16)17)7(5-9)4-8(6-12)11(13)15/h2-5H,1H3,(H2,13,15). The highest BCUT2D eigenvalue weighted by molar-refractivity contribution is 7.98. The maximum atomic E-state index is 10.9. The van der Waals surface area contributed by atoms with Crippen molar-refractivity contribution in [1.82, 2.24) is 0 Å². The van der Waals surface area contributed by atoms with Crippen LogP contribution in [-0.2, 0) is 4.79 Å². The first-order chi connectivity index (χ1) is 8.49. The van der Waals surface area contributed by atoms with Crippen molar-refractivity contribution in [3.8, 4) is 6.07 Å². The number of hydrogen-bond donors (Lipinski definition) is 1. The third kappa shape index (κ3) is 3.09. The number of nitrogens with zero attached hydrogens (tertiary/aromatic N) is 2. The number of nitrogens with two attached hydrogens (primary N) is 1. The molecule has 1 rings (SSSR count). The highest BCUT2D eigenvalue weighted by atomic mass is 32.2. The largest absolute Gasteiger partial charge is 0.365 e. The minimum absolute atomic E-state index is 0.179. The Kier molecular flexibility index (Phi) is 4.45. The van der Waals surface area contributed by atoms with Crippen molar-refractivity contribution < 1.29 is 9.72 Å². The Morgan fingerprint density at radius 3 is 2.72 bits per heavy atom. The topological polar surface area (TPSA) is 110 Å². The van der Waals surface area contributed by atoms with Crippen LogP contribution in [0.1, 0.15) is 5.56 Å². The zero-order valence-corrected chi connectivity index (χ0v) is 10.2. The van der Waals surface area contributed by atoms with E-state index in [9.17, 15) is 14.9 Å². The van der Waals surface area contributed by atoms with E-state index in [0.717, 1.165) is 11.0 Å². The van der Waals surface area contributed by atoms with Crippen LogP contribution in [0.15, 0.2) is 28.7 Å². The average molecular weight is 263 g/mol. The van der Waals surface area contributed by atoms with Crippen molar-refractivity contribution >= 4 is 29.4 Å². The summed E-state index contributed by atoms with van der Waals surface area (Å²) in [7, 11) is 0. The van der Waals surface area contributed by atoms with Crippen LogP contribution in [-0.4, -0.2) is 17.1 Å². The Balaban J connectivity index is 3.41. The van der Waals surface area contributed by atoms with Gasteiger partial charge in [0.05, 0.1) is 10.5 Å². The normalized spacial score (nSPS) is 10.8. The fourth-order valence-electron chi connectivity index (χ4n) is 1.26. The quantitative estimate of drug-likeness (QED) is 0.292. The van der Waals surface area contributed by atoms with E-state index in [-0.39, 0.29) is 16.8 Å². The van der Waals surface area contributed by atoms with Crippen molar-refractivity contribution in [2.24, 2.45) is 5.73 Å². The minimum atomic E-state index is -0.915. The highest BCUT2D eigenvalue weighted by Crippen LogP contribution is 2.26. The Morgan fingerprint density at radius 2 is 2.28 bits per heavy atom. The number of primary amides is 1. The molecule has 0 fully saturated rings. The number of carbonyl (C=O) groups is 1. The molecule has 0 aliphatic heterocycles. The first-order valence-electron chi connectivity index (χ1n) is 4.73. The van der Waals surface area contributed by atoms with Crippen LogP contribution in [0.5, 0.6) is 0 Å². The van der Waals surface area contributed by atoms with Gasteiger partial charge in [0.2, 0.25) is 0 Å². The van der Waals surface area contributed by atoms with Gasteiger partial charge in [-0.1, -0.05) is 0 Å². The van der Waals surface area contributed by atoms with Crippen LogP contribution >= 0.6 is 11.8 Å². The third-order valence-electron chi connectivity index (χ3n) is 2.12. The second kappa shape index (κ2) is 5.84. The number of rotatable bonds is 4. The second-order valence-corrected chi connectivity index (χ2v) is 4.10. The van der Waals surface area contributed by atoms with Crippen LogP contribution in [0.2, 0.25) is 0 Å². The molecule has 1 aromatic rings. The maximum Gasteiger partial charge on any atom is 0.276 e. The van der Waals surface area contributed by atoms with Crippen LogP contribution in [0.25, 0.3) is 6.08 Å². The fraction of sp³-hybridized carbons (Fsp3) is 0.0909. The summed E-state index contributed by atoms with van der Waals surface area (Å²) in [4.78, 5) is 22.0. The molecular weight excluding hydrogens is 254 g/mol. The Bertz CT molecular complexity index is 575. The number of nitriles is 1. The van der Waals surface area contributed by atoms with Gasteiger partial charge in [-0.3, -0.25) is 14.9 Å². The van der Waals surface area contributed by atoms with Gasteiger partial charge >= 0.3 is 0 Å². The lowest BCUT2D eigenvalue weighted by Crippen LogP contribution is -2.12. The number of amides is 1. The van der Waals surface area contributed by atoms with Gasteiger partial charge in [-0.2, -0.15) is 5.26 Å². The Hall–Kier alpha value is -2.33. The van der Waals surface area contributed by atoms with E-state index in [1.165, 1.54) is 23.9 Å². The SMILES string of the molecule is CSc1ccc([N+](=O)[O-])c(C=C(C#N)C(N)=O)c1. The average Bonchev–Trinajstić information content (AvgIpc) is 2.34. The van der Waals surface area contributed by atoms with Crippen molar-refractivity contribution in [3.05, 3.63) is 39.4 Å². The lowest BCUT2D eigenvalue weighted by molar-refractivity contribution is -0.385. The summed E-state index contributed by atoms with van der Waals surface area (Å²) >= 11 is 1.40. The minimum Gasteiger partial charge on any atom is -0.365 e. The molecule has 0 aromatic heterocycles. The van der Waals surface area contributed by atoms with E-state index < -0.39 is 10.8 Å². The Morgan fingerprint density at radius 1 is 1.61 bits per heavy atom. The molecule has 0 aliphatic rings. The zero-order chi connectivity index (χ0) is 13.7. The summed E-state index contributed by atoms with van der Waals surface area (Å²) < 4.78 is 0. The lowest BCUT2D eigenvalue weighted by Gasteiger charge is -2.01. The lowest BCUT2D eigenvalue weighted by atomic mass is 10.1. The molecule has 0 saturated heterocycles. The van der Waals surface area contributed by atoms with Gasteiger partial charge in [0.25, 0.3) is 11.6 Å². The van der Waals surface area contributed by atoms with Gasteiger partial charge in [-0.15, -0.1) is 11.8 Å². The molecule has 6 nitrogen and oxygen atoms in total. The Labute approximate surface area is 107 Å². The smallest absolute Gasteiger partial charge is 0.276 e.